The van der Waals surface area contributed by atoms with E-state index in [0.29, 0.717) is 23.4 Å². The zero-order valence-corrected chi connectivity index (χ0v) is 14.5. The highest BCUT2D eigenvalue weighted by Crippen LogP contribution is 2.57. The molecule has 5 atom stereocenters. The van der Waals surface area contributed by atoms with Gasteiger partial charge in [0.1, 0.15) is 5.69 Å². The molecule has 6 rings (SSSR count). The van der Waals surface area contributed by atoms with E-state index >= 15 is 0 Å². The van der Waals surface area contributed by atoms with Crippen molar-refractivity contribution in [3.8, 4) is 0 Å². The lowest BCUT2D eigenvalue weighted by molar-refractivity contribution is -0.149. The first-order chi connectivity index (χ1) is 12.1. The molecule has 0 saturated heterocycles. The summed E-state index contributed by atoms with van der Waals surface area (Å²) in [7, 11) is 1.87. The van der Waals surface area contributed by atoms with Crippen LogP contribution in [0, 0.1) is 17.8 Å². The highest BCUT2D eigenvalue weighted by Gasteiger charge is 2.55. The maximum absolute atomic E-state index is 11.9. The molecule has 0 radical (unpaired) electrons. The largest absolute Gasteiger partial charge is 0.379 e. The van der Waals surface area contributed by atoms with Gasteiger partial charge in [0, 0.05) is 32.0 Å². The summed E-state index contributed by atoms with van der Waals surface area (Å²) in [6, 6.07) is 0.361. The topological polar surface area (TPSA) is 89.6 Å². The van der Waals surface area contributed by atoms with Gasteiger partial charge in [-0.15, -0.1) is 0 Å². The number of methoxy groups -OCH3 is 1. The molecule has 6 heteroatoms. The van der Waals surface area contributed by atoms with E-state index in [2.05, 4.69) is 15.3 Å². The SMILES string of the molecule is COC12CC3C[C@H](C1)C(Nc1c(C(N)=O)cnc4c1N=CC4)[C@@H](C3)C2. The molecule has 6 nitrogen and oxygen atoms in total. The number of rotatable bonds is 4. The molecule has 5 aliphatic rings. The number of nitrogens with one attached hydrogen (secondary N) is 1. The summed E-state index contributed by atoms with van der Waals surface area (Å²) in [6.07, 6.45) is 10.1. The van der Waals surface area contributed by atoms with Crippen LogP contribution in [-0.2, 0) is 11.2 Å². The first-order valence-corrected chi connectivity index (χ1v) is 9.24. The van der Waals surface area contributed by atoms with Gasteiger partial charge in [-0.05, 0) is 49.9 Å². The Labute approximate surface area is 147 Å². The summed E-state index contributed by atoms with van der Waals surface area (Å²) in [5.41, 5.74) is 8.65. The number of ether oxygens (including phenoxy) is 1. The molecule has 132 valence electrons. The first kappa shape index (κ1) is 15.3. The summed E-state index contributed by atoms with van der Waals surface area (Å²) in [5.74, 6) is 1.51. The number of nitrogens with two attached hydrogens (primary N) is 1. The Balaban J connectivity index is 1.50. The number of aromatic nitrogens is 1. The second kappa shape index (κ2) is 5.27. The number of pyridine rings is 1. The van der Waals surface area contributed by atoms with Gasteiger partial charge in [0.05, 0.1) is 22.5 Å². The monoisotopic (exact) mass is 340 g/mol. The Morgan fingerprint density at radius 3 is 2.76 bits per heavy atom. The molecule has 0 spiro atoms. The van der Waals surface area contributed by atoms with Crippen molar-refractivity contribution >= 4 is 23.5 Å². The third-order valence-electron chi connectivity index (χ3n) is 6.86. The average Bonchev–Trinajstić information content (AvgIpc) is 3.06. The van der Waals surface area contributed by atoms with Crippen molar-refractivity contribution in [1.82, 2.24) is 4.98 Å². The second-order valence-electron chi connectivity index (χ2n) is 8.25. The van der Waals surface area contributed by atoms with Crippen molar-refractivity contribution in [2.24, 2.45) is 28.5 Å². The third-order valence-corrected chi connectivity index (χ3v) is 6.86. The molecular formula is C19H24N4O2. The number of fused-ring (bicyclic) bond motifs is 1. The van der Waals surface area contributed by atoms with Crippen molar-refractivity contribution in [2.45, 2.75) is 50.2 Å². The number of carbonyl (C=O) groups is 1. The number of nitrogens with zero attached hydrogens (tertiary/aromatic N) is 2. The fraction of sp³-hybridized carbons (Fsp3) is 0.632. The van der Waals surface area contributed by atoms with E-state index in [1.807, 2.05) is 13.3 Å². The summed E-state index contributed by atoms with van der Waals surface area (Å²) in [5, 5.41) is 3.71. The van der Waals surface area contributed by atoms with Crippen LogP contribution in [0.5, 0.6) is 0 Å². The minimum absolute atomic E-state index is 0.0829. The summed E-state index contributed by atoms with van der Waals surface area (Å²) in [6.45, 7) is 0. The van der Waals surface area contributed by atoms with Crippen LogP contribution < -0.4 is 11.1 Å². The van der Waals surface area contributed by atoms with Crippen molar-refractivity contribution < 1.29 is 9.53 Å². The highest BCUT2D eigenvalue weighted by atomic mass is 16.5. The molecule has 4 fully saturated rings. The van der Waals surface area contributed by atoms with E-state index in [-0.39, 0.29) is 5.60 Å². The zero-order chi connectivity index (χ0) is 17.2. The van der Waals surface area contributed by atoms with Gasteiger partial charge < -0.3 is 15.8 Å². The summed E-state index contributed by atoms with van der Waals surface area (Å²) < 4.78 is 5.95. The fourth-order valence-corrected chi connectivity index (χ4v) is 5.99. The molecule has 1 aliphatic heterocycles. The Bertz CT molecular complexity index is 759. The summed E-state index contributed by atoms with van der Waals surface area (Å²) >= 11 is 0. The van der Waals surface area contributed by atoms with Gasteiger partial charge in [-0.2, -0.15) is 0 Å². The number of hydrogen-bond donors (Lipinski definition) is 2. The summed E-state index contributed by atoms with van der Waals surface area (Å²) in [4.78, 5) is 20.8. The van der Waals surface area contributed by atoms with Gasteiger partial charge in [0.2, 0.25) is 0 Å². The van der Waals surface area contributed by atoms with E-state index in [1.165, 1.54) is 19.3 Å². The van der Waals surface area contributed by atoms with Crippen LogP contribution in [0.3, 0.4) is 0 Å². The maximum Gasteiger partial charge on any atom is 0.252 e. The Morgan fingerprint density at radius 2 is 2.08 bits per heavy atom. The predicted octanol–water partition coefficient (Wildman–Crippen LogP) is 2.44. The van der Waals surface area contributed by atoms with Crippen LogP contribution in [0.4, 0.5) is 11.4 Å². The van der Waals surface area contributed by atoms with Crippen molar-refractivity contribution in [1.29, 1.82) is 0 Å². The Kier molecular flexibility index (Phi) is 3.23. The number of amides is 1. The molecule has 25 heavy (non-hydrogen) atoms. The normalized spacial score (nSPS) is 37.3. The number of aliphatic imine (C=N–C) groups is 1. The minimum Gasteiger partial charge on any atom is -0.379 e. The second-order valence-corrected chi connectivity index (χ2v) is 8.25. The van der Waals surface area contributed by atoms with Crippen LogP contribution in [0.1, 0.15) is 48.2 Å². The van der Waals surface area contributed by atoms with Crippen LogP contribution in [0.2, 0.25) is 0 Å². The van der Waals surface area contributed by atoms with Crippen LogP contribution in [-0.4, -0.2) is 35.9 Å². The van der Waals surface area contributed by atoms with Gasteiger partial charge in [0.15, 0.2) is 0 Å². The molecule has 4 saturated carbocycles. The van der Waals surface area contributed by atoms with Gasteiger partial charge in [-0.1, -0.05) is 0 Å². The smallest absolute Gasteiger partial charge is 0.252 e. The lowest BCUT2D eigenvalue weighted by atomic mass is 9.52. The predicted molar refractivity (Wildman–Crippen MR) is 95.3 cm³/mol. The van der Waals surface area contributed by atoms with E-state index in [9.17, 15) is 4.79 Å². The van der Waals surface area contributed by atoms with Crippen molar-refractivity contribution in [2.75, 3.05) is 12.4 Å². The molecule has 1 aromatic heterocycles. The Hall–Kier alpha value is -1.95. The van der Waals surface area contributed by atoms with Gasteiger partial charge in [0.25, 0.3) is 5.91 Å². The Morgan fingerprint density at radius 1 is 1.32 bits per heavy atom. The van der Waals surface area contributed by atoms with E-state index in [4.69, 9.17) is 10.5 Å². The average molecular weight is 340 g/mol. The van der Waals surface area contributed by atoms with Gasteiger partial charge in [-0.3, -0.25) is 14.8 Å². The van der Waals surface area contributed by atoms with Crippen molar-refractivity contribution in [3.63, 3.8) is 0 Å². The van der Waals surface area contributed by atoms with Crippen molar-refractivity contribution in [3.05, 3.63) is 17.5 Å². The molecule has 0 aromatic carbocycles. The molecule has 1 amide bonds. The first-order valence-electron chi connectivity index (χ1n) is 9.24. The van der Waals surface area contributed by atoms with Crippen LogP contribution in [0.25, 0.3) is 0 Å². The van der Waals surface area contributed by atoms with Gasteiger partial charge in [-0.25, -0.2) is 0 Å². The lowest BCUT2D eigenvalue weighted by Gasteiger charge is -2.59. The molecule has 1 aromatic rings. The molecule has 4 bridgehead atoms. The number of carbonyl (C=O) groups excluding carboxylic acids is 1. The quantitative estimate of drug-likeness (QED) is 0.881. The number of hydrogen-bond acceptors (Lipinski definition) is 5. The number of anilines is 1. The minimum atomic E-state index is -0.447. The van der Waals surface area contributed by atoms with Crippen LogP contribution in [0.15, 0.2) is 11.2 Å². The molecule has 2 heterocycles. The van der Waals surface area contributed by atoms with E-state index in [0.717, 1.165) is 42.2 Å². The molecule has 4 aliphatic carbocycles. The van der Waals surface area contributed by atoms with Gasteiger partial charge >= 0.3 is 0 Å². The fourth-order valence-electron chi connectivity index (χ4n) is 5.99. The third kappa shape index (κ3) is 2.23. The van der Waals surface area contributed by atoms with Crippen LogP contribution >= 0.6 is 0 Å². The molecule has 3 unspecified atom stereocenters. The van der Waals surface area contributed by atoms with E-state index in [1.54, 1.807) is 6.20 Å². The number of primary amides is 1. The lowest BCUT2D eigenvalue weighted by Crippen LogP contribution is -2.59. The maximum atomic E-state index is 11.9. The zero-order valence-electron chi connectivity index (χ0n) is 14.5. The molecular weight excluding hydrogens is 316 g/mol. The molecule has 3 N–H and O–H groups in total. The highest BCUT2D eigenvalue weighted by molar-refractivity contribution is 6.02. The van der Waals surface area contributed by atoms with E-state index < -0.39 is 5.91 Å². The standard InChI is InChI=1S/C19H24N4O2/c1-25-19-6-10-4-11(7-19)15(12(5-10)8-19)23-16-13(18(20)24)9-22-14-2-3-21-17(14)16/h3,9-12,15H,2,4-8H2,1H3,(H2,20,24)(H,22,23)/t10?,11-,12+,15?,19?.